The van der Waals surface area contributed by atoms with Gasteiger partial charge in [0.05, 0.1) is 0 Å². The van der Waals surface area contributed by atoms with E-state index >= 15 is 0 Å². The topological polar surface area (TPSA) is 0 Å². The van der Waals surface area contributed by atoms with Crippen molar-refractivity contribution in [3.05, 3.63) is 105 Å². The normalized spacial score (nSPS) is 21.8. The van der Waals surface area contributed by atoms with Crippen molar-refractivity contribution in [1.29, 1.82) is 0 Å². The molecule has 6 rings (SSSR count). The van der Waals surface area contributed by atoms with Gasteiger partial charge in [-0.1, -0.05) is 0 Å². The van der Waals surface area contributed by atoms with Gasteiger partial charge in [0, 0.05) is 0 Å². The maximum atomic E-state index is 3.89. The molecular weight excluding hydrogens is 561 g/mol. The summed E-state index contributed by atoms with van der Waals surface area (Å²) in [4.78, 5) is 0. The van der Waals surface area contributed by atoms with E-state index in [1.807, 2.05) is 0 Å². The van der Waals surface area contributed by atoms with Gasteiger partial charge in [-0.15, -0.1) is 0 Å². The van der Waals surface area contributed by atoms with Crippen LogP contribution in [0, 0.1) is 0 Å². The van der Waals surface area contributed by atoms with Crippen LogP contribution in [0.2, 0.25) is 0 Å². The van der Waals surface area contributed by atoms with E-state index in [4.69, 9.17) is 0 Å². The molecule has 5 heteroatoms. The molecule has 142 valence electrons. The molecule has 0 nitrogen and oxygen atoms in total. The summed E-state index contributed by atoms with van der Waals surface area (Å²) in [6, 6.07) is 25.0. The third kappa shape index (κ3) is 3.41. The van der Waals surface area contributed by atoms with Crippen LogP contribution >= 0.6 is 23.9 Å². The molecule has 2 aliphatic carbocycles. The largest absolute Gasteiger partial charge is 1.00 e. The molecule has 3 atom stereocenters. The standard InChI is InChI=1S/C24H16BrP.2ClH.Zr/c25-23-13-5-9-18-15-20(16-22(18)23)26(19-10-2-1-3-11-19)24-14-6-8-17-7-4-12-21(17)24;;;/h1-16H;2*1H;/q;;;+2/p-2. The number of fused-ring (bicyclic) bond motifs is 3. The molecule has 0 fully saturated rings. The van der Waals surface area contributed by atoms with Gasteiger partial charge in [-0.2, -0.15) is 0 Å². The first-order valence-electron chi connectivity index (χ1n) is 9.23. The van der Waals surface area contributed by atoms with Gasteiger partial charge in [-0.05, 0) is 0 Å². The number of allylic oxidation sites excluding steroid dienone is 2. The van der Waals surface area contributed by atoms with Crippen molar-refractivity contribution in [2.24, 2.45) is 0 Å². The van der Waals surface area contributed by atoms with Gasteiger partial charge >= 0.3 is 182 Å². The predicted molar refractivity (Wildman–Crippen MR) is 116 cm³/mol. The zero-order chi connectivity index (χ0) is 18.0. The fraction of sp³-hybridized carbons (Fsp3) is 0.0833. The Bertz CT molecular complexity index is 1140. The van der Waals surface area contributed by atoms with Crippen molar-refractivity contribution in [3.8, 4) is 0 Å². The van der Waals surface area contributed by atoms with E-state index in [1.165, 1.54) is 20.9 Å². The fourth-order valence-electron chi connectivity index (χ4n) is 4.58. The van der Waals surface area contributed by atoms with Crippen molar-refractivity contribution >= 4 is 46.6 Å². The molecule has 0 amide bonds. The number of hydrogen-bond donors (Lipinski definition) is 0. The van der Waals surface area contributed by atoms with Crippen LogP contribution in [-0.2, 0) is 23.2 Å². The van der Waals surface area contributed by atoms with Crippen LogP contribution in [0.15, 0.2) is 82.6 Å². The first-order chi connectivity index (χ1) is 13.3. The Morgan fingerprint density at radius 3 is 2.48 bits per heavy atom. The molecule has 1 heterocycles. The van der Waals surface area contributed by atoms with Crippen LogP contribution in [0.5, 0.6) is 0 Å². The molecular formula is C24H16BrCl2PZr. The third-order valence-corrected chi connectivity index (χ3v) is 14.0. The smallest absolute Gasteiger partial charge is 1.00 e. The molecule has 3 unspecified atom stereocenters. The second-order valence-corrected chi connectivity index (χ2v) is 14.0. The summed E-state index contributed by atoms with van der Waals surface area (Å²) < 4.78 is 2.65. The summed E-state index contributed by atoms with van der Waals surface area (Å²) in [6.07, 6.45) is 7.47. The van der Waals surface area contributed by atoms with Gasteiger partial charge < -0.3 is 24.8 Å². The van der Waals surface area contributed by atoms with Crippen LogP contribution in [-0.4, -0.2) is 0 Å². The van der Waals surface area contributed by atoms with E-state index in [2.05, 4.69) is 101 Å². The van der Waals surface area contributed by atoms with Crippen LogP contribution in [0.3, 0.4) is 0 Å². The minimum atomic E-state index is -0.730. The van der Waals surface area contributed by atoms with E-state index in [9.17, 15) is 0 Å². The molecule has 1 aliphatic heterocycles. The van der Waals surface area contributed by atoms with Gasteiger partial charge in [0.1, 0.15) is 0 Å². The molecule has 0 N–H and O–H groups in total. The second-order valence-electron chi connectivity index (χ2n) is 7.20. The molecule has 3 aromatic carbocycles. The zero-order valence-corrected chi connectivity index (χ0v) is 21.8. The Morgan fingerprint density at radius 2 is 1.66 bits per heavy atom. The van der Waals surface area contributed by atoms with Gasteiger partial charge in [0.2, 0.25) is 0 Å². The van der Waals surface area contributed by atoms with Crippen LogP contribution in [0.25, 0.3) is 12.2 Å². The summed E-state index contributed by atoms with van der Waals surface area (Å²) in [5, 5.41) is 4.72. The minimum absolute atomic E-state index is 0. The SMILES string of the molecule is Brc1cccc2c1[CH]1[Zr+2][CH]3C=Cc4c3cccc4P(c3ccccc3)C1=C2.[Cl-].[Cl-]. The van der Waals surface area contributed by atoms with Gasteiger partial charge in [-0.3, -0.25) is 0 Å². The van der Waals surface area contributed by atoms with Gasteiger partial charge in [0.25, 0.3) is 0 Å². The van der Waals surface area contributed by atoms with E-state index in [0.29, 0.717) is 7.25 Å². The molecule has 0 spiro atoms. The Hall–Kier alpha value is -0.487. The van der Waals surface area contributed by atoms with E-state index in [-0.39, 0.29) is 24.8 Å². The van der Waals surface area contributed by atoms with Gasteiger partial charge in [0.15, 0.2) is 0 Å². The maximum absolute atomic E-state index is 3.89. The molecule has 29 heavy (non-hydrogen) atoms. The fourth-order valence-corrected chi connectivity index (χ4v) is 14.0. The van der Waals surface area contributed by atoms with Crippen LogP contribution < -0.4 is 35.4 Å². The molecule has 0 aromatic heterocycles. The summed E-state index contributed by atoms with van der Waals surface area (Å²) >= 11 is 3.16. The van der Waals surface area contributed by atoms with E-state index < -0.39 is 31.2 Å². The first kappa shape index (κ1) is 21.7. The summed E-state index contributed by atoms with van der Waals surface area (Å²) in [6.45, 7) is 0. The number of benzene rings is 3. The monoisotopic (exact) mass is 574 g/mol. The molecule has 4 bridgehead atoms. The molecule has 3 aromatic rings. The van der Waals surface area contributed by atoms with Crippen molar-refractivity contribution in [3.63, 3.8) is 0 Å². The molecule has 0 saturated heterocycles. The average molecular weight is 577 g/mol. The molecule has 3 aliphatic rings. The van der Waals surface area contributed by atoms with Crippen LogP contribution in [0.4, 0.5) is 0 Å². The Labute approximate surface area is 205 Å². The van der Waals surface area contributed by atoms with Crippen LogP contribution in [0.1, 0.15) is 29.5 Å². The average Bonchev–Trinajstić information content (AvgIpc) is 3.27. The Balaban J connectivity index is 0.00000102. The maximum Gasteiger partial charge on any atom is -1.00 e. The predicted octanol–water partition coefficient (Wildman–Crippen LogP) is 0.150. The molecule has 0 radical (unpaired) electrons. The first-order valence-corrected chi connectivity index (χ1v) is 14.2. The summed E-state index contributed by atoms with van der Waals surface area (Å²) in [5.41, 5.74) is 6.12. The Kier molecular flexibility index (Phi) is 6.42. The van der Waals surface area contributed by atoms with Crippen molar-refractivity contribution < 1.29 is 48.0 Å². The van der Waals surface area contributed by atoms with Crippen molar-refractivity contribution in [1.82, 2.24) is 0 Å². The van der Waals surface area contributed by atoms with Crippen molar-refractivity contribution in [2.75, 3.05) is 0 Å². The summed E-state index contributed by atoms with van der Waals surface area (Å²) in [7, 11) is -0.483. The Morgan fingerprint density at radius 1 is 0.862 bits per heavy atom. The number of halogens is 3. The van der Waals surface area contributed by atoms with E-state index in [1.54, 1.807) is 21.7 Å². The van der Waals surface area contributed by atoms with Crippen molar-refractivity contribution in [2.45, 2.75) is 7.25 Å². The number of hydrogen-bond acceptors (Lipinski definition) is 0. The van der Waals surface area contributed by atoms with Gasteiger partial charge in [-0.25, -0.2) is 0 Å². The minimum Gasteiger partial charge on any atom is -1.00 e. The third-order valence-electron chi connectivity index (χ3n) is 5.74. The molecule has 0 saturated carbocycles. The second kappa shape index (κ2) is 8.57. The summed E-state index contributed by atoms with van der Waals surface area (Å²) in [5.74, 6) is 0. The number of rotatable bonds is 1. The zero-order valence-electron chi connectivity index (χ0n) is 15.3. The quantitative estimate of drug-likeness (QED) is 0.362. The van der Waals surface area contributed by atoms with E-state index in [0.717, 1.165) is 0 Å².